The molecule has 1 nitrogen and oxygen atoms in total. The molecule has 0 amide bonds. The highest BCUT2D eigenvalue weighted by Gasteiger charge is 2.34. The predicted octanol–water partition coefficient (Wildman–Crippen LogP) is 4.17. The van der Waals surface area contributed by atoms with Crippen molar-refractivity contribution in [3.8, 4) is 0 Å². The molecule has 102 valence electrons. The number of hydrogen-bond acceptors (Lipinski definition) is 2. The third-order valence-corrected chi connectivity index (χ3v) is 4.57. The molecule has 0 spiro atoms. The Labute approximate surface area is 106 Å². The van der Waals surface area contributed by atoms with Crippen molar-refractivity contribution in [1.82, 2.24) is 0 Å². The molecular formula is C12H22F3NS. The maximum absolute atomic E-state index is 12.0. The molecule has 2 N–H and O–H groups in total. The second kappa shape index (κ2) is 5.83. The molecule has 1 fully saturated rings. The molecule has 1 aliphatic carbocycles. The highest BCUT2D eigenvalue weighted by atomic mass is 32.2. The third-order valence-electron chi connectivity index (χ3n) is 3.83. The van der Waals surface area contributed by atoms with E-state index in [4.69, 9.17) is 5.73 Å². The summed E-state index contributed by atoms with van der Waals surface area (Å²) in [5.41, 5.74) is 1.69. The highest BCUT2D eigenvalue weighted by Crippen LogP contribution is 2.38. The molecule has 1 rings (SSSR count). The topological polar surface area (TPSA) is 26.0 Å². The number of nitrogens with two attached hydrogens (primary N) is 1. The molecule has 0 aliphatic heterocycles. The van der Waals surface area contributed by atoms with E-state index >= 15 is 0 Å². The molecule has 1 saturated carbocycles. The Morgan fingerprint density at radius 3 is 2.24 bits per heavy atom. The lowest BCUT2D eigenvalue weighted by Crippen LogP contribution is -2.44. The summed E-state index contributed by atoms with van der Waals surface area (Å²) in [5.74, 6) is 1.44. The van der Waals surface area contributed by atoms with Crippen LogP contribution in [0.5, 0.6) is 0 Å². The quantitative estimate of drug-likeness (QED) is 0.828. The zero-order chi connectivity index (χ0) is 13.1. The minimum absolute atomic E-state index is 0.0529. The van der Waals surface area contributed by atoms with Crippen molar-refractivity contribution >= 4 is 11.8 Å². The molecule has 1 aliphatic rings. The van der Waals surface area contributed by atoms with Crippen LogP contribution >= 0.6 is 11.8 Å². The fourth-order valence-corrected chi connectivity index (χ4v) is 3.24. The minimum atomic E-state index is -4.12. The van der Waals surface area contributed by atoms with Gasteiger partial charge in [-0.05, 0) is 43.9 Å². The van der Waals surface area contributed by atoms with Gasteiger partial charge in [0.25, 0.3) is 0 Å². The molecule has 0 radical (unpaired) electrons. The molecule has 0 atom stereocenters. The summed E-state index contributed by atoms with van der Waals surface area (Å²) in [5, 5.41) is 0. The first-order valence-electron chi connectivity index (χ1n) is 6.21. The van der Waals surface area contributed by atoms with Crippen molar-refractivity contribution in [1.29, 1.82) is 0 Å². The van der Waals surface area contributed by atoms with Gasteiger partial charge in [0.15, 0.2) is 0 Å². The van der Waals surface area contributed by atoms with Crippen molar-refractivity contribution in [2.75, 3.05) is 5.75 Å². The van der Waals surface area contributed by atoms with Gasteiger partial charge in [-0.1, -0.05) is 25.6 Å². The second-order valence-electron chi connectivity index (χ2n) is 5.49. The monoisotopic (exact) mass is 269 g/mol. The smallest absolute Gasteiger partial charge is 0.325 e. The fourth-order valence-electron chi connectivity index (χ4n) is 2.50. The third kappa shape index (κ3) is 5.51. The van der Waals surface area contributed by atoms with Crippen molar-refractivity contribution in [2.45, 2.75) is 57.0 Å². The zero-order valence-corrected chi connectivity index (χ0v) is 11.3. The first kappa shape index (κ1) is 15.2. The maximum atomic E-state index is 12.0. The Morgan fingerprint density at radius 2 is 1.82 bits per heavy atom. The second-order valence-corrected chi connectivity index (χ2v) is 6.65. The summed E-state index contributed by atoms with van der Waals surface area (Å²) in [6.07, 6.45) is 4.33. The first-order chi connectivity index (χ1) is 7.72. The number of rotatable bonds is 4. The van der Waals surface area contributed by atoms with Gasteiger partial charge in [0.05, 0.1) is 0 Å². The minimum Gasteiger partial charge on any atom is -0.325 e. The average Bonchev–Trinajstić information content (AvgIpc) is 2.15. The van der Waals surface area contributed by atoms with Gasteiger partial charge in [-0.3, -0.25) is 0 Å². The van der Waals surface area contributed by atoms with E-state index < -0.39 is 5.51 Å². The Balaban J connectivity index is 2.30. The standard InChI is InChI=1S/C12H22F3NS/c1-9(2)10-3-5-11(16,6-4-10)7-8-17-12(13,14)15/h9-10H,3-8,16H2,1-2H3. The van der Waals surface area contributed by atoms with Crippen LogP contribution in [0.4, 0.5) is 13.2 Å². The SMILES string of the molecule is CC(C)C1CCC(N)(CCSC(F)(F)F)CC1. The van der Waals surface area contributed by atoms with E-state index in [1.54, 1.807) is 0 Å². The van der Waals surface area contributed by atoms with E-state index in [0.29, 0.717) is 18.3 Å². The molecule has 0 aromatic carbocycles. The van der Waals surface area contributed by atoms with Crippen LogP contribution in [-0.2, 0) is 0 Å². The number of thioether (sulfide) groups is 1. The molecule has 17 heavy (non-hydrogen) atoms. The summed E-state index contributed by atoms with van der Waals surface area (Å²) >= 11 is 0.0529. The lowest BCUT2D eigenvalue weighted by Gasteiger charge is -2.38. The van der Waals surface area contributed by atoms with Crippen molar-refractivity contribution in [3.05, 3.63) is 0 Å². The normalized spacial score (nSPS) is 30.9. The van der Waals surface area contributed by atoms with Gasteiger partial charge in [0, 0.05) is 11.3 Å². The summed E-state index contributed by atoms with van der Waals surface area (Å²) in [6.45, 7) is 4.40. The zero-order valence-electron chi connectivity index (χ0n) is 10.5. The van der Waals surface area contributed by atoms with Gasteiger partial charge in [-0.25, -0.2) is 0 Å². The van der Waals surface area contributed by atoms with Crippen LogP contribution in [0.15, 0.2) is 0 Å². The summed E-state index contributed by atoms with van der Waals surface area (Å²) in [6, 6.07) is 0. The summed E-state index contributed by atoms with van der Waals surface area (Å²) in [4.78, 5) is 0. The van der Waals surface area contributed by atoms with Gasteiger partial charge in [-0.15, -0.1) is 0 Å². The van der Waals surface area contributed by atoms with Gasteiger partial charge >= 0.3 is 5.51 Å². The Bertz CT molecular complexity index is 232. The number of hydrogen-bond donors (Lipinski definition) is 1. The van der Waals surface area contributed by atoms with Crippen LogP contribution in [0, 0.1) is 11.8 Å². The maximum Gasteiger partial charge on any atom is 0.441 e. The number of halogens is 3. The summed E-state index contributed by atoms with van der Waals surface area (Å²) in [7, 11) is 0. The molecule has 0 unspecified atom stereocenters. The van der Waals surface area contributed by atoms with E-state index in [2.05, 4.69) is 13.8 Å². The van der Waals surface area contributed by atoms with E-state index in [1.165, 1.54) is 0 Å². The lowest BCUT2D eigenvalue weighted by molar-refractivity contribution is -0.0328. The molecule has 0 heterocycles. The van der Waals surface area contributed by atoms with E-state index in [-0.39, 0.29) is 23.1 Å². The molecule has 0 aromatic heterocycles. The Hall–Kier alpha value is 0.100. The fraction of sp³-hybridized carbons (Fsp3) is 1.00. The Kier molecular flexibility index (Phi) is 5.20. The molecule has 5 heteroatoms. The summed E-state index contributed by atoms with van der Waals surface area (Å²) < 4.78 is 36.1. The van der Waals surface area contributed by atoms with Gasteiger partial charge < -0.3 is 5.73 Å². The van der Waals surface area contributed by atoms with Crippen molar-refractivity contribution in [2.24, 2.45) is 17.6 Å². The predicted molar refractivity (Wildman–Crippen MR) is 66.8 cm³/mol. The molecule has 0 saturated heterocycles. The van der Waals surface area contributed by atoms with Gasteiger partial charge in [-0.2, -0.15) is 13.2 Å². The first-order valence-corrected chi connectivity index (χ1v) is 7.20. The lowest BCUT2D eigenvalue weighted by atomic mass is 9.72. The largest absolute Gasteiger partial charge is 0.441 e. The highest BCUT2D eigenvalue weighted by molar-refractivity contribution is 8.00. The van der Waals surface area contributed by atoms with Crippen LogP contribution in [0.1, 0.15) is 46.0 Å². The van der Waals surface area contributed by atoms with Gasteiger partial charge in [0.1, 0.15) is 0 Å². The van der Waals surface area contributed by atoms with Crippen LogP contribution < -0.4 is 5.73 Å². The van der Waals surface area contributed by atoms with Crippen LogP contribution in [0.25, 0.3) is 0 Å². The van der Waals surface area contributed by atoms with Crippen LogP contribution in [-0.4, -0.2) is 16.8 Å². The average molecular weight is 269 g/mol. The van der Waals surface area contributed by atoms with Crippen molar-refractivity contribution < 1.29 is 13.2 Å². The molecule has 0 bridgehead atoms. The van der Waals surface area contributed by atoms with E-state index in [9.17, 15) is 13.2 Å². The molecule has 0 aromatic rings. The van der Waals surface area contributed by atoms with Crippen LogP contribution in [0.3, 0.4) is 0 Å². The van der Waals surface area contributed by atoms with E-state index in [1.807, 2.05) is 0 Å². The van der Waals surface area contributed by atoms with E-state index in [0.717, 1.165) is 25.7 Å². The van der Waals surface area contributed by atoms with Crippen molar-refractivity contribution in [3.63, 3.8) is 0 Å². The van der Waals surface area contributed by atoms with Crippen LogP contribution in [0.2, 0.25) is 0 Å². The Morgan fingerprint density at radius 1 is 1.29 bits per heavy atom. The van der Waals surface area contributed by atoms with Gasteiger partial charge in [0.2, 0.25) is 0 Å². The molecular weight excluding hydrogens is 247 g/mol. The number of alkyl halides is 3.